The van der Waals surface area contributed by atoms with Crippen LogP contribution in [-0.2, 0) is 0 Å². The van der Waals surface area contributed by atoms with Crippen molar-refractivity contribution in [2.45, 2.75) is 0 Å². The van der Waals surface area contributed by atoms with Gasteiger partial charge >= 0.3 is 0 Å². The Kier molecular flexibility index (Phi) is 4.08. The molecule has 0 aliphatic carbocycles. The van der Waals surface area contributed by atoms with Gasteiger partial charge in [-0.25, -0.2) is 0 Å². The second-order valence-electron chi connectivity index (χ2n) is 3.83. The Morgan fingerprint density at radius 1 is 0.650 bits per heavy atom. The topological polar surface area (TPSA) is 18.5 Å². The Morgan fingerprint density at radius 3 is 1.90 bits per heavy atom. The van der Waals surface area contributed by atoms with Crippen LogP contribution < -0.4 is 9.47 Å². The normalized spacial score (nSPS) is 12.3. The minimum Gasteiger partial charge on any atom is -0.447 e. The highest BCUT2D eigenvalue weighted by atomic mass is 79.9. The maximum Gasteiger partial charge on any atom is 0.191 e. The van der Waals surface area contributed by atoms with Crippen molar-refractivity contribution in [3.63, 3.8) is 0 Å². The largest absolute Gasteiger partial charge is 0.447 e. The van der Waals surface area contributed by atoms with E-state index < -0.39 is 0 Å². The number of benzene rings is 2. The van der Waals surface area contributed by atoms with E-state index in [9.17, 15) is 0 Å². The maximum absolute atomic E-state index is 6.19. The second kappa shape index (κ2) is 5.41. The molecule has 1 aliphatic heterocycles. The van der Waals surface area contributed by atoms with Crippen molar-refractivity contribution in [3.05, 3.63) is 41.2 Å². The lowest BCUT2D eigenvalue weighted by molar-refractivity contribution is 0.358. The van der Waals surface area contributed by atoms with Crippen LogP contribution in [0.5, 0.6) is 23.0 Å². The summed E-state index contributed by atoms with van der Waals surface area (Å²) in [6, 6.07) is 3.23. The van der Waals surface area contributed by atoms with Crippen molar-refractivity contribution in [2.24, 2.45) is 0 Å². The monoisotopic (exact) mass is 476 g/mol. The molecule has 8 heteroatoms. The molecule has 0 N–H and O–H groups in total. The van der Waals surface area contributed by atoms with Crippen molar-refractivity contribution >= 4 is 78.3 Å². The summed E-state index contributed by atoms with van der Waals surface area (Å²) in [5.41, 5.74) is 0. The Balaban J connectivity index is 2.27. The first-order valence-electron chi connectivity index (χ1n) is 5.11. The fourth-order valence-corrected chi connectivity index (χ4v) is 3.64. The van der Waals surface area contributed by atoms with Gasteiger partial charge in [0.15, 0.2) is 23.0 Å². The van der Waals surface area contributed by atoms with Gasteiger partial charge in [-0.15, -0.1) is 0 Å². The predicted molar refractivity (Wildman–Crippen MR) is 88.5 cm³/mol. The standard InChI is InChI=1S/C12H2Br2Cl4O2/c13-3-1-6(16)10-11(7(3)17)19-9-4(14)2-5(15)8(18)12(9)20-10/h1-2H. The van der Waals surface area contributed by atoms with Gasteiger partial charge in [-0.05, 0) is 44.0 Å². The highest BCUT2D eigenvalue weighted by Gasteiger charge is 2.30. The van der Waals surface area contributed by atoms with Gasteiger partial charge in [0.05, 0.1) is 14.5 Å². The lowest BCUT2D eigenvalue weighted by Crippen LogP contribution is -2.02. The molecule has 1 aliphatic rings. The molecule has 0 aromatic heterocycles. The summed E-state index contributed by atoms with van der Waals surface area (Å²) >= 11 is 31.1. The van der Waals surface area contributed by atoms with Gasteiger partial charge in [-0.1, -0.05) is 46.4 Å². The van der Waals surface area contributed by atoms with Crippen molar-refractivity contribution in [1.82, 2.24) is 0 Å². The summed E-state index contributed by atoms with van der Waals surface area (Å²) in [6.45, 7) is 0. The van der Waals surface area contributed by atoms with E-state index in [0.717, 1.165) is 0 Å². The van der Waals surface area contributed by atoms with Crippen molar-refractivity contribution in [3.8, 4) is 23.0 Å². The average Bonchev–Trinajstić information content (AvgIpc) is 2.41. The van der Waals surface area contributed by atoms with Crippen LogP contribution >= 0.6 is 78.3 Å². The molecule has 20 heavy (non-hydrogen) atoms. The molecule has 2 aromatic carbocycles. The van der Waals surface area contributed by atoms with Crippen LogP contribution in [0.25, 0.3) is 0 Å². The fourth-order valence-electron chi connectivity index (χ4n) is 1.69. The first-order chi connectivity index (χ1) is 9.40. The van der Waals surface area contributed by atoms with Crippen LogP contribution in [0.4, 0.5) is 0 Å². The lowest BCUT2D eigenvalue weighted by atomic mass is 10.2. The van der Waals surface area contributed by atoms with Crippen molar-refractivity contribution < 1.29 is 9.47 Å². The number of halogens is 6. The van der Waals surface area contributed by atoms with E-state index in [1.807, 2.05) is 0 Å². The van der Waals surface area contributed by atoms with Crippen LogP contribution in [0.1, 0.15) is 0 Å². The maximum atomic E-state index is 6.19. The molecule has 104 valence electrons. The van der Waals surface area contributed by atoms with E-state index >= 15 is 0 Å². The van der Waals surface area contributed by atoms with Gasteiger partial charge in [-0.2, -0.15) is 0 Å². The van der Waals surface area contributed by atoms with Gasteiger partial charge in [0.2, 0.25) is 0 Å². The molecule has 0 fully saturated rings. The van der Waals surface area contributed by atoms with E-state index in [1.165, 1.54) is 0 Å². The number of hydrogen-bond donors (Lipinski definition) is 0. The van der Waals surface area contributed by atoms with E-state index in [1.54, 1.807) is 12.1 Å². The van der Waals surface area contributed by atoms with E-state index in [-0.39, 0.29) is 5.02 Å². The molecule has 0 unspecified atom stereocenters. The van der Waals surface area contributed by atoms with Crippen molar-refractivity contribution in [1.29, 1.82) is 0 Å². The van der Waals surface area contributed by atoms with Crippen molar-refractivity contribution in [2.75, 3.05) is 0 Å². The first-order valence-corrected chi connectivity index (χ1v) is 8.20. The highest BCUT2D eigenvalue weighted by Crippen LogP contribution is 2.58. The Labute approximate surface area is 151 Å². The smallest absolute Gasteiger partial charge is 0.191 e. The molecule has 0 spiro atoms. The molecule has 1 heterocycles. The molecule has 0 saturated heterocycles. The molecule has 0 radical (unpaired) electrons. The summed E-state index contributed by atoms with van der Waals surface area (Å²) < 4.78 is 12.7. The molecule has 0 amide bonds. The minimum absolute atomic E-state index is 0.241. The molecule has 2 aromatic rings. The molecular weight excluding hydrogens is 478 g/mol. The highest BCUT2D eigenvalue weighted by molar-refractivity contribution is 9.10. The van der Waals surface area contributed by atoms with Gasteiger partial charge in [0.1, 0.15) is 10.0 Å². The lowest BCUT2D eigenvalue weighted by Gasteiger charge is -2.24. The number of fused-ring (bicyclic) bond motifs is 2. The van der Waals surface area contributed by atoms with Crippen LogP contribution in [0, 0.1) is 0 Å². The Morgan fingerprint density at radius 2 is 1.20 bits per heavy atom. The molecule has 0 saturated carbocycles. The summed E-state index contributed by atoms with van der Waals surface area (Å²) in [5.74, 6) is 1.29. The summed E-state index contributed by atoms with van der Waals surface area (Å²) in [4.78, 5) is 0. The molecular formula is C12H2Br2Cl4O2. The van der Waals surface area contributed by atoms with Gasteiger partial charge in [0, 0.05) is 4.47 Å². The molecule has 0 atom stereocenters. The molecule has 3 rings (SSSR count). The van der Waals surface area contributed by atoms with Crippen LogP contribution in [-0.4, -0.2) is 0 Å². The average molecular weight is 480 g/mol. The Hall–Kier alpha value is 0.160. The third-order valence-corrected chi connectivity index (χ3v) is 5.45. The third kappa shape index (κ3) is 2.31. The van der Waals surface area contributed by atoms with Gasteiger partial charge < -0.3 is 9.47 Å². The summed E-state index contributed by atoms with van der Waals surface area (Å²) in [5, 5.41) is 1.27. The molecule has 0 bridgehead atoms. The first kappa shape index (κ1) is 15.1. The second-order valence-corrected chi connectivity index (χ2v) is 7.11. The third-order valence-electron chi connectivity index (χ3n) is 2.58. The van der Waals surface area contributed by atoms with Crippen LogP contribution in [0.2, 0.25) is 20.1 Å². The quantitative estimate of drug-likeness (QED) is 0.307. The zero-order chi connectivity index (χ0) is 14.6. The Bertz CT molecular complexity index is 686. The minimum atomic E-state index is 0.241. The fraction of sp³-hybridized carbons (Fsp3) is 0. The summed E-state index contributed by atoms with van der Waals surface area (Å²) in [7, 11) is 0. The van der Waals surface area contributed by atoms with E-state index in [0.29, 0.717) is 47.0 Å². The van der Waals surface area contributed by atoms with E-state index in [4.69, 9.17) is 55.9 Å². The zero-order valence-electron chi connectivity index (χ0n) is 9.24. The van der Waals surface area contributed by atoms with Crippen LogP contribution in [0.15, 0.2) is 21.1 Å². The van der Waals surface area contributed by atoms with Gasteiger partial charge in [-0.3, -0.25) is 0 Å². The zero-order valence-corrected chi connectivity index (χ0v) is 15.4. The summed E-state index contributed by atoms with van der Waals surface area (Å²) in [6.07, 6.45) is 0. The number of hydrogen-bond acceptors (Lipinski definition) is 2. The van der Waals surface area contributed by atoms with Crippen LogP contribution in [0.3, 0.4) is 0 Å². The number of rotatable bonds is 0. The number of ether oxygens (including phenoxy) is 2. The van der Waals surface area contributed by atoms with E-state index in [2.05, 4.69) is 31.9 Å². The SMILES string of the molecule is Clc1cc(Br)c2c(c1Cl)Oc1c(Cl)cc(Br)c(Cl)c1O2. The van der Waals surface area contributed by atoms with Gasteiger partial charge in [0.25, 0.3) is 0 Å². The predicted octanol–water partition coefficient (Wildman–Crippen LogP) is 7.72. The molecule has 2 nitrogen and oxygen atoms in total.